The standard InChI is InChI=1S/C11H11ClN2O2S/c12-8-2-1-5-13-11(8)17-7-6-14-9(15)3-4-10(14)16/h1-2,5H,3-4,6-7H2. The van der Waals surface area contributed by atoms with Gasteiger partial charge < -0.3 is 0 Å². The molecule has 0 aliphatic carbocycles. The monoisotopic (exact) mass is 270 g/mol. The van der Waals surface area contributed by atoms with Crippen LogP contribution >= 0.6 is 23.4 Å². The van der Waals surface area contributed by atoms with E-state index in [2.05, 4.69) is 4.98 Å². The second kappa shape index (κ2) is 5.51. The quantitative estimate of drug-likeness (QED) is 0.620. The molecular weight excluding hydrogens is 260 g/mol. The minimum absolute atomic E-state index is 0.0808. The maximum Gasteiger partial charge on any atom is 0.229 e. The molecule has 17 heavy (non-hydrogen) atoms. The fourth-order valence-electron chi connectivity index (χ4n) is 1.58. The molecular formula is C11H11ClN2O2S. The van der Waals surface area contributed by atoms with Gasteiger partial charge in [0.05, 0.1) is 5.02 Å². The largest absolute Gasteiger partial charge is 0.282 e. The van der Waals surface area contributed by atoms with Crippen LogP contribution in [0.2, 0.25) is 5.02 Å². The molecule has 1 aromatic rings. The van der Waals surface area contributed by atoms with E-state index in [-0.39, 0.29) is 11.8 Å². The van der Waals surface area contributed by atoms with Crippen LogP contribution in [0.3, 0.4) is 0 Å². The van der Waals surface area contributed by atoms with E-state index in [9.17, 15) is 9.59 Å². The molecule has 2 rings (SSSR count). The minimum atomic E-state index is -0.0808. The third-order valence-electron chi connectivity index (χ3n) is 2.43. The summed E-state index contributed by atoms with van der Waals surface area (Å²) in [6.45, 7) is 0.426. The van der Waals surface area contributed by atoms with Crippen LogP contribution in [-0.4, -0.2) is 34.0 Å². The number of thioether (sulfide) groups is 1. The number of imide groups is 1. The van der Waals surface area contributed by atoms with Crippen LogP contribution in [0.1, 0.15) is 12.8 Å². The highest BCUT2D eigenvalue weighted by Crippen LogP contribution is 2.24. The Labute approximate surface area is 108 Å². The second-order valence-corrected chi connectivity index (χ2v) is 5.07. The van der Waals surface area contributed by atoms with Gasteiger partial charge in [0.2, 0.25) is 11.8 Å². The Morgan fingerprint density at radius 1 is 1.35 bits per heavy atom. The van der Waals surface area contributed by atoms with Crippen LogP contribution in [0.25, 0.3) is 0 Å². The Hall–Kier alpha value is -1.07. The molecule has 4 nitrogen and oxygen atoms in total. The number of hydrogen-bond acceptors (Lipinski definition) is 4. The summed E-state index contributed by atoms with van der Waals surface area (Å²) in [5.74, 6) is 0.458. The van der Waals surface area contributed by atoms with Crippen LogP contribution < -0.4 is 0 Å². The number of likely N-dealkylation sites (tertiary alicyclic amines) is 1. The van der Waals surface area contributed by atoms with Crippen LogP contribution in [0.5, 0.6) is 0 Å². The average molecular weight is 271 g/mol. The number of aromatic nitrogens is 1. The van der Waals surface area contributed by atoms with Gasteiger partial charge in [-0.1, -0.05) is 11.6 Å². The lowest BCUT2D eigenvalue weighted by molar-refractivity contribution is -0.137. The van der Waals surface area contributed by atoms with E-state index >= 15 is 0 Å². The van der Waals surface area contributed by atoms with E-state index in [1.165, 1.54) is 16.7 Å². The predicted octanol–water partition coefficient (Wildman–Crippen LogP) is 1.98. The summed E-state index contributed by atoms with van der Waals surface area (Å²) in [4.78, 5) is 28.1. The van der Waals surface area contributed by atoms with Crippen LogP contribution in [-0.2, 0) is 9.59 Å². The number of pyridine rings is 1. The molecule has 0 saturated carbocycles. The number of carbonyl (C=O) groups is 2. The van der Waals surface area contributed by atoms with E-state index in [1.807, 2.05) is 0 Å². The lowest BCUT2D eigenvalue weighted by Gasteiger charge is -2.12. The highest BCUT2D eigenvalue weighted by atomic mass is 35.5. The minimum Gasteiger partial charge on any atom is -0.282 e. The molecule has 0 spiro atoms. The number of carbonyl (C=O) groups excluding carboxylic acids is 2. The van der Waals surface area contributed by atoms with Gasteiger partial charge in [-0.25, -0.2) is 4.98 Å². The van der Waals surface area contributed by atoms with Crippen molar-refractivity contribution >= 4 is 35.2 Å². The first-order chi connectivity index (χ1) is 8.18. The summed E-state index contributed by atoms with van der Waals surface area (Å²) in [5.41, 5.74) is 0. The summed E-state index contributed by atoms with van der Waals surface area (Å²) in [7, 11) is 0. The van der Waals surface area contributed by atoms with Gasteiger partial charge in [-0.3, -0.25) is 14.5 Å². The van der Waals surface area contributed by atoms with E-state index in [0.29, 0.717) is 30.2 Å². The maximum absolute atomic E-state index is 11.3. The van der Waals surface area contributed by atoms with Crippen molar-refractivity contribution in [3.63, 3.8) is 0 Å². The van der Waals surface area contributed by atoms with Crippen molar-refractivity contribution in [2.75, 3.05) is 12.3 Å². The Morgan fingerprint density at radius 2 is 2.06 bits per heavy atom. The fraction of sp³-hybridized carbons (Fsp3) is 0.364. The van der Waals surface area contributed by atoms with Gasteiger partial charge in [-0.05, 0) is 12.1 Å². The average Bonchev–Trinajstić information content (AvgIpc) is 2.63. The van der Waals surface area contributed by atoms with Gasteiger partial charge in [0.25, 0.3) is 0 Å². The topological polar surface area (TPSA) is 50.3 Å². The summed E-state index contributed by atoms with van der Waals surface area (Å²) in [6.07, 6.45) is 2.35. The summed E-state index contributed by atoms with van der Waals surface area (Å²) < 4.78 is 0. The highest BCUT2D eigenvalue weighted by Gasteiger charge is 2.28. The SMILES string of the molecule is O=C1CCC(=O)N1CCSc1ncccc1Cl. The van der Waals surface area contributed by atoms with Gasteiger partial charge in [-0.2, -0.15) is 0 Å². The van der Waals surface area contributed by atoms with Gasteiger partial charge in [0.15, 0.2) is 0 Å². The number of rotatable bonds is 4. The molecule has 0 radical (unpaired) electrons. The molecule has 0 atom stereocenters. The smallest absolute Gasteiger partial charge is 0.229 e. The van der Waals surface area contributed by atoms with Crippen molar-refractivity contribution in [2.45, 2.75) is 17.9 Å². The molecule has 1 aliphatic rings. The van der Waals surface area contributed by atoms with Gasteiger partial charge in [-0.15, -0.1) is 11.8 Å². The molecule has 0 unspecified atom stereocenters. The van der Waals surface area contributed by atoms with Crippen LogP contribution in [0.15, 0.2) is 23.4 Å². The molecule has 6 heteroatoms. The summed E-state index contributed by atoms with van der Waals surface area (Å²) in [5, 5.41) is 1.32. The first-order valence-electron chi connectivity index (χ1n) is 5.25. The van der Waals surface area contributed by atoms with E-state index in [1.54, 1.807) is 18.3 Å². The molecule has 2 heterocycles. The van der Waals surface area contributed by atoms with Gasteiger partial charge in [0.1, 0.15) is 5.03 Å². The third-order valence-corrected chi connectivity index (χ3v) is 3.84. The van der Waals surface area contributed by atoms with Gasteiger partial charge in [0, 0.05) is 31.3 Å². The Kier molecular flexibility index (Phi) is 4.02. The highest BCUT2D eigenvalue weighted by molar-refractivity contribution is 7.99. The third kappa shape index (κ3) is 2.98. The molecule has 0 bridgehead atoms. The van der Waals surface area contributed by atoms with Crippen molar-refractivity contribution in [1.29, 1.82) is 0 Å². The lowest BCUT2D eigenvalue weighted by Crippen LogP contribution is -2.31. The zero-order valence-electron chi connectivity index (χ0n) is 9.06. The van der Waals surface area contributed by atoms with E-state index < -0.39 is 0 Å². The normalized spacial score (nSPS) is 15.7. The molecule has 90 valence electrons. The number of hydrogen-bond donors (Lipinski definition) is 0. The Bertz CT molecular complexity index is 437. The van der Waals surface area contributed by atoms with Crippen LogP contribution in [0.4, 0.5) is 0 Å². The van der Waals surface area contributed by atoms with Crippen molar-refractivity contribution < 1.29 is 9.59 Å². The van der Waals surface area contributed by atoms with Crippen LogP contribution in [0, 0.1) is 0 Å². The fourth-order valence-corrected chi connectivity index (χ4v) is 2.68. The summed E-state index contributed by atoms with van der Waals surface area (Å²) >= 11 is 7.39. The van der Waals surface area contributed by atoms with Crippen molar-refractivity contribution in [3.8, 4) is 0 Å². The van der Waals surface area contributed by atoms with E-state index in [0.717, 1.165) is 5.03 Å². The molecule has 1 saturated heterocycles. The maximum atomic E-state index is 11.3. The molecule has 1 aromatic heterocycles. The van der Waals surface area contributed by atoms with Crippen molar-refractivity contribution in [1.82, 2.24) is 9.88 Å². The van der Waals surface area contributed by atoms with Crippen molar-refractivity contribution in [2.24, 2.45) is 0 Å². The summed E-state index contributed by atoms with van der Waals surface area (Å²) in [6, 6.07) is 3.53. The molecule has 1 aliphatic heterocycles. The zero-order valence-corrected chi connectivity index (χ0v) is 10.6. The zero-order chi connectivity index (χ0) is 12.3. The van der Waals surface area contributed by atoms with Crippen molar-refractivity contribution in [3.05, 3.63) is 23.4 Å². The molecule has 0 aromatic carbocycles. The Balaban J connectivity index is 1.86. The predicted molar refractivity (Wildman–Crippen MR) is 65.9 cm³/mol. The van der Waals surface area contributed by atoms with Gasteiger partial charge >= 0.3 is 0 Å². The van der Waals surface area contributed by atoms with E-state index in [4.69, 9.17) is 11.6 Å². The first-order valence-corrected chi connectivity index (χ1v) is 6.61. The second-order valence-electron chi connectivity index (χ2n) is 3.58. The Morgan fingerprint density at radius 3 is 2.71 bits per heavy atom. The molecule has 1 fully saturated rings. The number of nitrogens with zero attached hydrogens (tertiary/aromatic N) is 2. The lowest BCUT2D eigenvalue weighted by atomic mass is 10.4. The molecule has 0 N–H and O–H groups in total. The molecule has 2 amide bonds. The number of amides is 2. The number of halogens is 1. The first kappa shape index (κ1) is 12.4.